The molecular weight excluding hydrogens is 500 g/mol. The number of fused-ring (bicyclic) bond motifs is 1. The van der Waals surface area contributed by atoms with Gasteiger partial charge in [0.1, 0.15) is 6.04 Å². The number of rotatable bonds is 9. The molecule has 1 aromatic carbocycles. The van der Waals surface area contributed by atoms with Gasteiger partial charge in [-0.25, -0.2) is 17.9 Å². The van der Waals surface area contributed by atoms with E-state index in [1.54, 1.807) is 12.1 Å². The maximum Gasteiger partial charge on any atom is 0.414 e. The Balaban J connectivity index is 1.65. The molecule has 0 radical (unpaired) electrons. The maximum atomic E-state index is 13.0. The summed E-state index contributed by atoms with van der Waals surface area (Å²) in [4.78, 5) is 27.7. The first-order valence-electron chi connectivity index (χ1n) is 10.9. The molecule has 0 saturated carbocycles. The van der Waals surface area contributed by atoms with Gasteiger partial charge in [-0.1, -0.05) is 29.0 Å². The molecule has 0 aliphatic carbocycles. The average molecular weight is 529 g/mol. The number of sulfonamides is 1. The SMILES string of the molecule is CN1CCc2ccc(NC(=O)C(CCCNS(C)(=O)=O)NC(=O)Oc3ccc(Cl)s3)cc2CC1. The van der Waals surface area contributed by atoms with Gasteiger partial charge in [0.05, 0.1) is 10.6 Å². The first-order valence-corrected chi connectivity index (χ1v) is 14.0. The number of likely N-dealkylation sites (N-methyl/N-ethyl adjacent to an activating group) is 1. The lowest BCUT2D eigenvalue weighted by molar-refractivity contribution is -0.118. The van der Waals surface area contributed by atoms with E-state index in [2.05, 4.69) is 27.3 Å². The topological polar surface area (TPSA) is 117 Å². The van der Waals surface area contributed by atoms with Gasteiger partial charge in [0.2, 0.25) is 15.9 Å². The van der Waals surface area contributed by atoms with Crippen molar-refractivity contribution in [2.75, 3.05) is 38.3 Å². The highest BCUT2D eigenvalue weighted by molar-refractivity contribution is 7.88. The molecule has 0 saturated heterocycles. The first-order chi connectivity index (χ1) is 16.1. The third kappa shape index (κ3) is 8.55. The number of nitrogens with one attached hydrogen (secondary N) is 3. The average Bonchev–Trinajstić information content (AvgIpc) is 3.07. The van der Waals surface area contributed by atoms with Crippen LogP contribution in [0.15, 0.2) is 30.3 Å². The molecule has 1 aliphatic rings. The van der Waals surface area contributed by atoms with Crippen LogP contribution in [0.1, 0.15) is 24.0 Å². The van der Waals surface area contributed by atoms with Crippen LogP contribution in [-0.2, 0) is 27.7 Å². The van der Waals surface area contributed by atoms with Gasteiger partial charge in [-0.05, 0) is 68.1 Å². The lowest BCUT2D eigenvalue weighted by Gasteiger charge is -2.19. The van der Waals surface area contributed by atoms with Gasteiger partial charge in [0.25, 0.3) is 0 Å². The summed E-state index contributed by atoms with van der Waals surface area (Å²) >= 11 is 6.96. The smallest absolute Gasteiger partial charge is 0.399 e. The van der Waals surface area contributed by atoms with Crippen molar-refractivity contribution < 1.29 is 22.7 Å². The Morgan fingerprint density at radius 3 is 2.59 bits per heavy atom. The molecule has 186 valence electrons. The van der Waals surface area contributed by atoms with Crippen LogP contribution in [0.25, 0.3) is 0 Å². The molecule has 12 heteroatoms. The Morgan fingerprint density at radius 1 is 1.18 bits per heavy atom. The van der Waals surface area contributed by atoms with Crippen LogP contribution in [0, 0.1) is 0 Å². The van der Waals surface area contributed by atoms with Gasteiger partial charge in [-0.15, -0.1) is 0 Å². The Labute approximate surface area is 208 Å². The van der Waals surface area contributed by atoms with Gasteiger partial charge in [0.15, 0.2) is 5.06 Å². The van der Waals surface area contributed by atoms with Gasteiger partial charge in [0, 0.05) is 25.3 Å². The van der Waals surface area contributed by atoms with Crippen LogP contribution in [0.5, 0.6) is 5.06 Å². The van der Waals surface area contributed by atoms with Crippen LogP contribution in [0.3, 0.4) is 0 Å². The summed E-state index contributed by atoms with van der Waals surface area (Å²) in [6.07, 6.45) is 2.67. The molecule has 1 aliphatic heterocycles. The predicted octanol–water partition coefficient (Wildman–Crippen LogP) is 2.86. The van der Waals surface area contributed by atoms with E-state index in [1.807, 2.05) is 18.2 Å². The van der Waals surface area contributed by atoms with Crippen LogP contribution >= 0.6 is 22.9 Å². The summed E-state index contributed by atoms with van der Waals surface area (Å²) in [5, 5.41) is 5.75. The summed E-state index contributed by atoms with van der Waals surface area (Å²) < 4.78 is 30.7. The van der Waals surface area contributed by atoms with Crippen molar-refractivity contribution in [3.63, 3.8) is 0 Å². The minimum Gasteiger partial charge on any atom is -0.399 e. The zero-order valence-corrected chi connectivity index (χ0v) is 21.5. The van der Waals surface area contributed by atoms with Gasteiger partial charge < -0.3 is 20.3 Å². The summed E-state index contributed by atoms with van der Waals surface area (Å²) in [6, 6.07) is 8.10. The Morgan fingerprint density at radius 2 is 1.91 bits per heavy atom. The Hall–Kier alpha value is -2.18. The summed E-state index contributed by atoms with van der Waals surface area (Å²) in [5.41, 5.74) is 3.10. The van der Waals surface area contributed by atoms with Crippen molar-refractivity contribution >= 4 is 50.6 Å². The summed E-state index contributed by atoms with van der Waals surface area (Å²) in [6.45, 7) is 2.08. The molecule has 0 bridgehead atoms. The highest BCUT2D eigenvalue weighted by Crippen LogP contribution is 2.28. The molecule has 9 nitrogen and oxygen atoms in total. The minimum absolute atomic E-state index is 0.145. The molecule has 1 aromatic heterocycles. The second kappa shape index (κ2) is 12.0. The van der Waals surface area contributed by atoms with E-state index < -0.39 is 28.1 Å². The highest BCUT2D eigenvalue weighted by atomic mass is 35.5. The molecule has 34 heavy (non-hydrogen) atoms. The number of hydrogen-bond donors (Lipinski definition) is 3. The molecule has 1 atom stereocenters. The normalized spacial score (nSPS) is 15.1. The molecular formula is C22H29ClN4O5S2. The number of nitrogens with zero attached hydrogens (tertiary/aromatic N) is 1. The molecule has 0 fully saturated rings. The predicted molar refractivity (Wildman–Crippen MR) is 134 cm³/mol. The fourth-order valence-electron chi connectivity index (χ4n) is 3.59. The van der Waals surface area contributed by atoms with Crippen molar-refractivity contribution in [2.24, 2.45) is 0 Å². The van der Waals surface area contributed by atoms with Gasteiger partial charge in [-0.2, -0.15) is 0 Å². The van der Waals surface area contributed by atoms with E-state index >= 15 is 0 Å². The van der Waals surface area contributed by atoms with E-state index in [0.717, 1.165) is 43.5 Å². The number of halogens is 1. The monoisotopic (exact) mass is 528 g/mol. The molecule has 1 unspecified atom stereocenters. The third-order valence-electron chi connectivity index (χ3n) is 5.38. The minimum atomic E-state index is -3.35. The van der Waals surface area contributed by atoms with E-state index in [1.165, 1.54) is 11.1 Å². The van der Waals surface area contributed by atoms with Crippen molar-refractivity contribution in [3.05, 3.63) is 45.8 Å². The van der Waals surface area contributed by atoms with Crippen LogP contribution in [-0.4, -0.2) is 64.3 Å². The number of hydrogen-bond acceptors (Lipinski definition) is 7. The summed E-state index contributed by atoms with van der Waals surface area (Å²) in [5.74, 6) is -0.411. The van der Waals surface area contributed by atoms with E-state index in [-0.39, 0.29) is 13.0 Å². The quantitative estimate of drug-likeness (QED) is 0.431. The summed E-state index contributed by atoms with van der Waals surface area (Å²) in [7, 11) is -1.26. The second-order valence-corrected chi connectivity index (χ2v) is 11.7. The first kappa shape index (κ1) is 26.4. The van der Waals surface area contributed by atoms with Crippen molar-refractivity contribution in [3.8, 4) is 5.06 Å². The third-order valence-corrected chi connectivity index (χ3v) is 7.22. The number of carbonyl (C=O) groups is 2. The fourth-order valence-corrected chi connectivity index (χ4v) is 4.98. The lowest BCUT2D eigenvalue weighted by atomic mass is 10.0. The number of ether oxygens (including phenoxy) is 1. The van der Waals surface area contributed by atoms with Crippen LogP contribution in [0.2, 0.25) is 4.34 Å². The maximum absolute atomic E-state index is 13.0. The Kier molecular flexibility index (Phi) is 9.31. The molecule has 2 heterocycles. The largest absolute Gasteiger partial charge is 0.414 e. The second-order valence-electron chi connectivity index (χ2n) is 8.23. The standard InChI is InChI=1S/C22H29ClN4O5S2/c1-27-12-9-15-5-6-17(14-16(15)10-13-27)25-21(28)18(4-3-11-24-34(2,30)31)26-22(29)32-20-8-7-19(23)33-20/h5-8,14,18,24H,3-4,9-13H2,1-2H3,(H,25,28)(H,26,29). The van der Waals surface area contributed by atoms with Crippen molar-refractivity contribution in [1.29, 1.82) is 0 Å². The Bertz CT molecular complexity index is 1120. The van der Waals surface area contributed by atoms with Crippen LogP contribution in [0.4, 0.5) is 10.5 Å². The highest BCUT2D eigenvalue weighted by Gasteiger charge is 2.23. The lowest BCUT2D eigenvalue weighted by Crippen LogP contribution is -2.45. The van der Waals surface area contributed by atoms with E-state index in [0.29, 0.717) is 21.5 Å². The number of thiophene rings is 1. The fraction of sp³-hybridized carbons (Fsp3) is 0.455. The van der Waals surface area contributed by atoms with Gasteiger partial charge in [-0.3, -0.25) is 4.79 Å². The van der Waals surface area contributed by atoms with Crippen LogP contribution < -0.4 is 20.1 Å². The molecule has 2 amide bonds. The number of benzene rings is 1. The number of anilines is 1. The van der Waals surface area contributed by atoms with Crippen molar-refractivity contribution in [2.45, 2.75) is 31.7 Å². The van der Waals surface area contributed by atoms with Crippen molar-refractivity contribution in [1.82, 2.24) is 14.9 Å². The molecule has 3 N–H and O–H groups in total. The number of amides is 2. The zero-order chi connectivity index (χ0) is 24.7. The number of carbonyl (C=O) groups excluding carboxylic acids is 2. The van der Waals surface area contributed by atoms with Gasteiger partial charge >= 0.3 is 6.09 Å². The zero-order valence-electron chi connectivity index (χ0n) is 19.1. The molecule has 0 spiro atoms. The van der Waals surface area contributed by atoms with E-state index in [4.69, 9.17) is 16.3 Å². The van der Waals surface area contributed by atoms with E-state index in [9.17, 15) is 18.0 Å². The molecule has 3 rings (SSSR count). The molecule has 2 aromatic rings.